The predicted molar refractivity (Wildman–Crippen MR) is 114 cm³/mol. The monoisotopic (exact) mass is 387 g/mol. The lowest BCUT2D eigenvalue weighted by atomic mass is 10.1. The predicted octanol–water partition coefficient (Wildman–Crippen LogP) is 3.51. The number of carbonyl (C=O) groups excluding carboxylic acids is 1. The third kappa shape index (κ3) is 3.75. The van der Waals surface area contributed by atoms with Crippen molar-refractivity contribution >= 4 is 17.4 Å². The molecule has 0 saturated carbocycles. The van der Waals surface area contributed by atoms with Crippen molar-refractivity contribution < 1.29 is 4.79 Å². The van der Waals surface area contributed by atoms with Crippen LogP contribution in [0.4, 0.5) is 10.5 Å². The van der Waals surface area contributed by atoms with Gasteiger partial charge in [-0.2, -0.15) is 0 Å². The fraction of sp³-hybridized carbons (Fsp3) is 0.136. The summed E-state index contributed by atoms with van der Waals surface area (Å²) in [4.78, 5) is 27.9. The number of imidazole rings is 1. The zero-order valence-corrected chi connectivity index (χ0v) is 16.2. The Labute approximate surface area is 167 Å². The quantitative estimate of drug-likeness (QED) is 0.562. The van der Waals surface area contributed by atoms with Crippen LogP contribution < -0.4 is 16.2 Å². The second-order valence-electron chi connectivity index (χ2n) is 6.72. The van der Waals surface area contributed by atoms with Gasteiger partial charge in [-0.15, -0.1) is 0 Å². The van der Waals surface area contributed by atoms with E-state index in [1.54, 1.807) is 17.7 Å². The molecule has 0 atom stereocenters. The fourth-order valence-corrected chi connectivity index (χ4v) is 3.23. The molecule has 0 unspecified atom stereocenters. The molecule has 7 nitrogen and oxygen atoms in total. The number of nitrogens with one attached hydrogen (secondary N) is 2. The standard InChI is InChI=1S/C22H21N5O2/c1-3-23-22(29)25-18-6-4-5-16(11-18)19-13-24-20-12-15(9-10-27(19)20)17-7-8-21(28)26(2)14-17/h4-14H,3H2,1-2H3,(H2,23,25,29). The Morgan fingerprint density at radius 2 is 1.93 bits per heavy atom. The molecule has 146 valence electrons. The van der Waals surface area contributed by atoms with E-state index in [0.717, 1.165) is 28.0 Å². The van der Waals surface area contributed by atoms with E-state index < -0.39 is 0 Å². The zero-order valence-electron chi connectivity index (χ0n) is 16.2. The molecule has 0 aliphatic heterocycles. The first-order valence-electron chi connectivity index (χ1n) is 9.34. The average Bonchev–Trinajstić information content (AvgIpc) is 3.13. The van der Waals surface area contributed by atoms with Gasteiger partial charge in [0, 0.05) is 43.3 Å². The number of fused-ring (bicyclic) bond motifs is 1. The number of nitrogens with zero attached hydrogens (tertiary/aromatic N) is 3. The number of amides is 2. The van der Waals surface area contributed by atoms with E-state index >= 15 is 0 Å². The molecule has 2 N–H and O–H groups in total. The number of benzene rings is 1. The summed E-state index contributed by atoms with van der Waals surface area (Å²) in [6, 6.07) is 14.8. The summed E-state index contributed by atoms with van der Waals surface area (Å²) in [5, 5.41) is 5.54. The van der Waals surface area contributed by atoms with Crippen LogP contribution in [0.2, 0.25) is 0 Å². The van der Waals surface area contributed by atoms with E-state index in [9.17, 15) is 9.59 Å². The van der Waals surface area contributed by atoms with Gasteiger partial charge in [0.15, 0.2) is 0 Å². The molecular weight excluding hydrogens is 366 g/mol. The van der Waals surface area contributed by atoms with Crippen molar-refractivity contribution in [1.29, 1.82) is 0 Å². The van der Waals surface area contributed by atoms with Gasteiger partial charge in [-0.25, -0.2) is 9.78 Å². The van der Waals surface area contributed by atoms with Crippen LogP contribution in [-0.4, -0.2) is 26.5 Å². The van der Waals surface area contributed by atoms with Gasteiger partial charge in [0.1, 0.15) is 5.65 Å². The first-order valence-corrected chi connectivity index (χ1v) is 9.34. The molecule has 3 aromatic heterocycles. The van der Waals surface area contributed by atoms with Crippen molar-refractivity contribution in [3.8, 4) is 22.4 Å². The average molecular weight is 387 g/mol. The van der Waals surface area contributed by atoms with Gasteiger partial charge >= 0.3 is 6.03 Å². The summed E-state index contributed by atoms with van der Waals surface area (Å²) >= 11 is 0. The lowest BCUT2D eigenvalue weighted by Gasteiger charge is -2.09. The topological polar surface area (TPSA) is 80.4 Å². The molecule has 2 amide bonds. The Bertz CT molecular complexity index is 1260. The van der Waals surface area contributed by atoms with Crippen molar-refractivity contribution in [3.05, 3.63) is 77.5 Å². The number of aryl methyl sites for hydroxylation is 1. The molecule has 4 aromatic rings. The van der Waals surface area contributed by atoms with E-state index in [1.807, 2.05) is 72.4 Å². The summed E-state index contributed by atoms with van der Waals surface area (Å²) in [6.45, 7) is 2.44. The highest BCUT2D eigenvalue weighted by Crippen LogP contribution is 2.26. The van der Waals surface area contributed by atoms with E-state index in [1.165, 1.54) is 0 Å². The second-order valence-corrected chi connectivity index (χ2v) is 6.72. The molecule has 0 fully saturated rings. The van der Waals surface area contributed by atoms with Crippen LogP contribution in [0.3, 0.4) is 0 Å². The Morgan fingerprint density at radius 1 is 1.07 bits per heavy atom. The normalized spacial score (nSPS) is 10.8. The molecule has 0 bridgehead atoms. The molecular formula is C22H21N5O2. The van der Waals surface area contributed by atoms with Crippen molar-refractivity contribution in [2.24, 2.45) is 7.05 Å². The van der Waals surface area contributed by atoms with Gasteiger partial charge < -0.3 is 15.2 Å². The second kappa shape index (κ2) is 7.63. The van der Waals surface area contributed by atoms with Crippen LogP contribution in [0, 0.1) is 0 Å². The smallest absolute Gasteiger partial charge is 0.319 e. The van der Waals surface area contributed by atoms with Gasteiger partial charge in [0.25, 0.3) is 0 Å². The lowest BCUT2D eigenvalue weighted by Crippen LogP contribution is -2.28. The summed E-state index contributed by atoms with van der Waals surface area (Å²) in [6.07, 6.45) is 5.58. The molecule has 3 heterocycles. The minimum absolute atomic E-state index is 0.0426. The van der Waals surface area contributed by atoms with Gasteiger partial charge in [-0.05, 0) is 48.4 Å². The highest BCUT2D eigenvalue weighted by atomic mass is 16.2. The van der Waals surface area contributed by atoms with Gasteiger partial charge in [0.05, 0.1) is 11.9 Å². The molecule has 1 aromatic carbocycles. The van der Waals surface area contributed by atoms with Gasteiger partial charge in [-0.3, -0.25) is 9.20 Å². The molecule has 0 spiro atoms. The van der Waals surface area contributed by atoms with Crippen LogP contribution in [0.15, 0.2) is 71.9 Å². The molecule has 4 rings (SSSR count). The third-order valence-electron chi connectivity index (χ3n) is 4.69. The van der Waals surface area contributed by atoms with E-state index in [0.29, 0.717) is 12.2 Å². The van der Waals surface area contributed by atoms with Crippen molar-refractivity contribution in [2.45, 2.75) is 6.92 Å². The van der Waals surface area contributed by atoms with E-state index in [4.69, 9.17) is 0 Å². The van der Waals surface area contributed by atoms with Gasteiger partial charge in [-0.1, -0.05) is 12.1 Å². The fourth-order valence-electron chi connectivity index (χ4n) is 3.23. The van der Waals surface area contributed by atoms with Crippen molar-refractivity contribution in [3.63, 3.8) is 0 Å². The Hall–Kier alpha value is -3.87. The Morgan fingerprint density at radius 3 is 2.72 bits per heavy atom. The third-order valence-corrected chi connectivity index (χ3v) is 4.69. The Kier molecular flexibility index (Phi) is 4.87. The SMILES string of the molecule is CCNC(=O)Nc1cccc(-c2cnc3cc(-c4ccc(=O)n(C)c4)ccn23)c1. The van der Waals surface area contributed by atoms with Crippen LogP contribution in [0.25, 0.3) is 28.0 Å². The molecule has 0 aliphatic rings. The number of aromatic nitrogens is 3. The highest BCUT2D eigenvalue weighted by molar-refractivity contribution is 5.90. The van der Waals surface area contributed by atoms with Crippen LogP contribution in [-0.2, 0) is 7.05 Å². The number of hydrogen-bond donors (Lipinski definition) is 2. The largest absolute Gasteiger partial charge is 0.338 e. The molecule has 29 heavy (non-hydrogen) atoms. The summed E-state index contributed by atoms with van der Waals surface area (Å²) < 4.78 is 3.56. The highest BCUT2D eigenvalue weighted by Gasteiger charge is 2.09. The number of pyridine rings is 2. The number of urea groups is 1. The number of hydrogen-bond acceptors (Lipinski definition) is 3. The summed E-state index contributed by atoms with van der Waals surface area (Å²) in [7, 11) is 1.74. The summed E-state index contributed by atoms with van der Waals surface area (Å²) in [5.41, 5.74) is 5.27. The van der Waals surface area contributed by atoms with Crippen molar-refractivity contribution in [1.82, 2.24) is 19.3 Å². The Balaban J connectivity index is 1.68. The van der Waals surface area contributed by atoms with E-state index in [2.05, 4.69) is 15.6 Å². The number of rotatable bonds is 4. The molecule has 0 radical (unpaired) electrons. The summed E-state index contributed by atoms with van der Waals surface area (Å²) in [5.74, 6) is 0. The van der Waals surface area contributed by atoms with Crippen LogP contribution in [0.5, 0.6) is 0 Å². The molecule has 0 aliphatic carbocycles. The zero-order chi connectivity index (χ0) is 20.4. The number of anilines is 1. The molecule has 7 heteroatoms. The lowest BCUT2D eigenvalue weighted by molar-refractivity contribution is 0.252. The van der Waals surface area contributed by atoms with Crippen LogP contribution in [0.1, 0.15) is 6.92 Å². The maximum Gasteiger partial charge on any atom is 0.319 e. The maximum atomic E-state index is 11.8. The van der Waals surface area contributed by atoms with Crippen LogP contribution >= 0.6 is 0 Å². The molecule has 0 saturated heterocycles. The van der Waals surface area contributed by atoms with Crippen molar-refractivity contribution in [2.75, 3.05) is 11.9 Å². The number of carbonyl (C=O) groups is 1. The first-order chi connectivity index (χ1) is 14.0. The minimum Gasteiger partial charge on any atom is -0.338 e. The first kappa shape index (κ1) is 18.5. The minimum atomic E-state index is -0.232. The van der Waals surface area contributed by atoms with E-state index in [-0.39, 0.29) is 11.6 Å². The maximum absolute atomic E-state index is 11.8. The van der Waals surface area contributed by atoms with Gasteiger partial charge in [0.2, 0.25) is 5.56 Å².